The zero-order valence-electron chi connectivity index (χ0n) is 11.2. The molecule has 1 amide bonds. The van der Waals surface area contributed by atoms with Crippen LogP contribution in [0.3, 0.4) is 0 Å². The first-order valence-corrected chi connectivity index (χ1v) is 6.13. The molecule has 1 heterocycles. The van der Waals surface area contributed by atoms with Gasteiger partial charge in [0.1, 0.15) is 0 Å². The number of carbonyl (C=O) groups is 1. The molecule has 104 valence electrons. The summed E-state index contributed by atoms with van der Waals surface area (Å²) in [6.07, 6.45) is 3.05. The highest BCUT2D eigenvalue weighted by Crippen LogP contribution is 2.22. The van der Waals surface area contributed by atoms with Crippen molar-refractivity contribution in [1.82, 2.24) is 9.88 Å². The standard InChI is InChI=1S/C15H14F2N2O/c1-10(11-5-6-13(16)14(17)8-11)19(2)15(20)12-4-3-7-18-9-12/h3-10H,1-2H3. The van der Waals surface area contributed by atoms with Gasteiger partial charge in [0.15, 0.2) is 11.6 Å². The zero-order valence-corrected chi connectivity index (χ0v) is 11.2. The molecular formula is C15H14F2N2O. The van der Waals surface area contributed by atoms with Gasteiger partial charge in [-0.1, -0.05) is 6.07 Å². The van der Waals surface area contributed by atoms with Crippen molar-refractivity contribution in [2.45, 2.75) is 13.0 Å². The fourth-order valence-corrected chi connectivity index (χ4v) is 1.86. The molecule has 0 aliphatic carbocycles. The van der Waals surface area contributed by atoms with E-state index in [-0.39, 0.29) is 11.9 Å². The summed E-state index contributed by atoms with van der Waals surface area (Å²) in [7, 11) is 1.61. The molecular weight excluding hydrogens is 262 g/mol. The average Bonchev–Trinajstić information content (AvgIpc) is 2.48. The van der Waals surface area contributed by atoms with Crippen molar-refractivity contribution < 1.29 is 13.6 Å². The molecule has 1 aromatic heterocycles. The quantitative estimate of drug-likeness (QED) is 0.862. The summed E-state index contributed by atoms with van der Waals surface area (Å²) in [5, 5.41) is 0. The van der Waals surface area contributed by atoms with Crippen LogP contribution in [0.25, 0.3) is 0 Å². The number of hydrogen-bond donors (Lipinski definition) is 0. The Kier molecular flexibility index (Phi) is 4.08. The number of benzene rings is 1. The number of hydrogen-bond acceptors (Lipinski definition) is 2. The third kappa shape index (κ3) is 2.82. The van der Waals surface area contributed by atoms with Crippen molar-refractivity contribution in [3.8, 4) is 0 Å². The summed E-state index contributed by atoms with van der Waals surface area (Å²) in [6, 6.07) is 6.58. The first-order chi connectivity index (χ1) is 9.50. The first kappa shape index (κ1) is 14.1. The fourth-order valence-electron chi connectivity index (χ4n) is 1.86. The van der Waals surface area contributed by atoms with E-state index in [9.17, 15) is 13.6 Å². The van der Waals surface area contributed by atoms with Gasteiger partial charge in [0, 0.05) is 19.4 Å². The first-order valence-electron chi connectivity index (χ1n) is 6.13. The number of amides is 1. The van der Waals surface area contributed by atoms with E-state index in [1.165, 1.54) is 17.2 Å². The van der Waals surface area contributed by atoms with Gasteiger partial charge < -0.3 is 4.90 Å². The minimum Gasteiger partial charge on any atom is -0.335 e. The highest BCUT2D eigenvalue weighted by molar-refractivity contribution is 5.93. The third-order valence-electron chi connectivity index (χ3n) is 3.24. The molecule has 3 nitrogen and oxygen atoms in total. The number of rotatable bonds is 3. The summed E-state index contributed by atoms with van der Waals surface area (Å²) >= 11 is 0. The topological polar surface area (TPSA) is 33.2 Å². The molecule has 2 aromatic rings. The largest absolute Gasteiger partial charge is 0.335 e. The lowest BCUT2D eigenvalue weighted by Crippen LogP contribution is -2.29. The van der Waals surface area contributed by atoms with E-state index in [1.54, 1.807) is 32.3 Å². The van der Waals surface area contributed by atoms with Gasteiger partial charge in [-0.15, -0.1) is 0 Å². The minimum atomic E-state index is -0.920. The number of carbonyl (C=O) groups excluding carboxylic acids is 1. The highest BCUT2D eigenvalue weighted by Gasteiger charge is 2.19. The van der Waals surface area contributed by atoms with Crippen LogP contribution in [-0.4, -0.2) is 22.8 Å². The van der Waals surface area contributed by atoms with E-state index in [0.717, 1.165) is 12.1 Å². The minimum absolute atomic E-state index is 0.227. The van der Waals surface area contributed by atoms with Crippen LogP contribution >= 0.6 is 0 Å². The summed E-state index contributed by atoms with van der Waals surface area (Å²) in [5.41, 5.74) is 0.980. The van der Waals surface area contributed by atoms with Crippen molar-refractivity contribution in [3.05, 3.63) is 65.5 Å². The van der Waals surface area contributed by atoms with Gasteiger partial charge in [0.2, 0.25) is 0 Å². The molecule has 0 bridgehead atoms. The van der Waals surface area contributed by atoms with Crippen LogP contribution in [0.15, 0.2) is 42.7 Å². The van der Waals surface area contributed by atoms with Crippen molar-refractivity contribution in [1.29, 1.82) is 0 Å². The summed E-state index contributed by atoms with van der Waals surface area (Å²) < 4.78 is 26.2. The van der Waals surface area contributed by atoms with Crippen molar-refractivity contribution in [3.63, 3.8) is 0 Å². The van der Waals surface area contributed by atoms with Gasteiger partial charge >= 0.3 is 0 Å². The van der Waals surface area contributed by atoms with Gasteiger partial charge in [-0.25, -0.2) is 8.78 Å². The SMILES string of the molecule is CC(c1ccc(F)c(F)c1)N(C)C(=O)c1cccnc1. The Balaban J connectivity index is 2.22. The maximum absolute atomic E-state index is 13.2. The Morgan fingerprint density at radius 1 is 1.25 bits per heavy atom. The van der Waals surface area contributed by atoms with E-state index in [4.69, 9.17) is 0 Å². The summed E-state index contributed by atoms with van der Waals surface area (Å²) in [5.74, 6) is -2.05. The molecule has 0 saturated heterocycles. The molecule has 5 heteroatoms. The lowest BCUT2D eigenvalue weighted by molar-refractivity contribution is 0.0742. The van der Waals surface area contributed by atoms with Gasteiger partial charge in [-0.3, -0.25) is 9.78 Å². The molecule has 0 N–H and O–H groups in total. The van der Waals surface area contributed by atoms with Crippen molar-refractivity contribution >= 4 is 5.91 Å². The van der Waals surface area contributed by atoms with Crippen molar-refractivity contribution in [2.75, 3.05) is 7.05 Å². The van der Waals surface area contributed by atoms with Gasteiger partial charge in [-0.2, -0.15) is 0 Å². The normalized spacial score (nSPS) is 12.0. The molecule has 1 unspecified atom stereocenters. The maximum atomic E-state index is 13.2. The van der Waals surface area contributed by atoms with Crippen LogP contribution in [0.4, 0.5) is 8.78 Å². The molecule has 0 aliphatic heterocycles. The molecule has 0 saturated carbocycles. The molecule has 0 spiro atoms. The lowest BCUT2D eigenvalue weighted by Gasteiger charge is -2.25. The zero-order chi connectivity index (χ0) is 14.7. The van der Waals surface area contributed by atoms with E-state index >= 15 is 0 Å². The van der Waals surface area contributed by atoms with E-state index in [0.29, 0.717) is 11.1 Å². The van der Waals surface area contributed by atoms with E-state index < -0.39 is 11.6 Å². The number of halogens is 2. The van der Waals surface area contributed by atoms with Crippen LogP contribution in [0.2, 0.25) is 0 Å². The van der Waals surface area contributed by atoms with Crippen LogP contribution in [-0.2, 0) is 0 Å². The van der Waals surface area contributed by atoms with Crippen LogP contribution in [0, 0.1) is 11.6 Å². The van der Waals surface area contributed by atoms with Gasteiger partial charge in [-0.05, 0) is 36.8 Å². The molecule has 1 atom stereocenters. The Hall–Kier alpha value is -2.30. The van der Waals surface area contributed by atoms with Crippen LogP contribution in [0.1, 0.15) is 28.9 Å². The number of nitrogens with zero attached hydrogens (tertiary/aromatic N) is 2. The van der Waals surface area contributed by atoms with Crippen molar-refractivity contribution in [2.24, 2.45) is 0 Å². The molecule has 1 aromatic carbocycles. The maximum Gasteiger partial charge on any atom is 0.255 e. The fraction of sp³-hybridized carbons (Fsp3) is 0.200. The Bertz CT molecular complexity index is 617. The van der Waals surface area contributed by atoms with E-state index in [2.05, 4.69) is 4.98 Å². The summed E-state index contributed by atoms with van der Waals surface area (Å²) in [4.78, 5) is 17.6. The second kappa shape index (κ2) is 5.77. The predicted octanol–water partition coefficient (Wildman–Crippen LogP) is 3.19. The van der Waals surface area contributed by atoms with E-state index in [1.807, 2.05) is 0 Å². The Morgan fingerprint density at radius 3 is 2.60 bits per heavy atom. The average molecular weight is 276 g/mol. The molecule has 0 radical (unpaired) electrons. The van der Waals surface area contributed by atoms with Crippen LogP contribution < -0.4 is 0 Å². The van der Waals surface area contributed by atoms with Gasteiger partial charge in [0.25, 0.3) is 5.91 Å². The summed E-state index contributed by atoms with van der Waals surface area (Å²) in [6.45, 7) is 1.75. The molecule has 0 aliphatic rings. The second-order valence-electron chi connectivity index (χ2n) is 4.51. The van der Waals surface area contributed by atoms with Crippen LogP contribution in [0.5, 0.6) is 0 Å². The molecule has 0 fully saturated rings. The second-order valence-corrected chi connectivity index (χ2v) is 4.51. The number of aromatic nitrogens is 1. The molecule has 20 heavy (non-hydrogen) atoms. The smallest absolute Gasteiger partial charge is 0.255 e. The third-order valence-corrected chi connectivity index (χ3v) is 3.24. The number of pyridine rings is 1. The highest BCUT2D eigenvalue weighted by atomic mass is 19.2. The van der Waals surface area contributed by atoms with Gasteiger partial charge in [0.05, 0.1) is 11.6 Å². The predicted molar refractivity (Wildman–Crippen MR) is 71.1 cm³/mol. The lowest BCUT2D eigenvalue weighted by atomic mass is 10.1. The monoisotopic (exact) mass is 276 g/mol. The Morgan fingerprint density at radius 2 is 2.00 bits per heavy atom. The Labute approximate surface area is 115 Å². The molecule has 2 rings (SSSR count).